The van der Waals surface area contributed by atoms with E-state index in [0.29, 0.717) is 22.4 Å². The largest absolute Gasteiger partial charge is 0.383 e. The second-order valence-electron chi connectivity index (χ2n) is 8.11. The number of carbonyl (C=O) groups is 1. The quantitative estimate of drug-likeness (QED) is 0.403. The van der Waals surface area contributed by atoms with Gasteiger partial charge in [-0.2, -0.15) is 0 Å². The molecule has 0 saturated carbocycles. The van der Waals surface area contributed by atoms with Crippen molar-refractivity contribution in [2.24, 2.45) is 0 Å². The number of hydrogen-bond donors (Lipinski definition) is 0. The van der Waals surface area contributed by atoms with Crippen molar-refractivity contribution in [2.45, 2.75) is 19.9 Å². The smallest absolute Gasteiger partial charge is 0.266 e. The molecule has 3 aromatic carbocycles. The standard InChI is InChI=1S/C27H26FN3O3/c1-18-9-8-10-20(17-18)31-25(29-24-14-7-5-12-22(24)27(31)33)19(2)30(15-16-34-3)26(32)21-11-4-6-13-23(21)28/h4-14,17,19H,15-16H2,1-3H3. The predicted octanol–water partition coefficient (Wildman–Crippen LogP) is 4.68. The van der Waals surface area contributed by atoms with Gasteiger partial charge in [-0.05, 0) is 55.8 Å². The van der Waals surface area contributed by atoms with Gasteiger partial charge in [-0.15, -0.1) is 0 Å². The zero-order valence-electron chi connectivity index (χ0n) is 19.4. The summed E-state index contributed by atoms with van der Waals surface area (Å²) in [5, 5.41) is 0.476. The molecule has 4 rings (SSSR count). The van der Waals surface area contributed by atoms with E-state index in [1.165, 1.54) is 34.8 Å². The maximum absolute atomic E-state index is 14.5. The van der Waals surface area contributed by atoms with Crippen LogP contribution in [-0.4, -0.2) is 40.6 Å². The Bertz CT molecular complexity index is 1400. The Morgan fingerprint density at radius 1 is 1.09 bits per heavy atom. The zero-order valence-corrected chi connectivity index (χ0v) is 19.4. The zero-order chi connectivity index (χ0) is 24.2. The summed E-state index contributed by atoms with van der Waals surface area (Å²) >= 11 is 0. The molecule has 1 amide bonds. The number of benzene rings is 3. The Morgan fingerprint density at radius 2 is 1.82 bits per heavy atom. The van der Waals surface area contributed by atoms with Gasteiger partial charge in [0, 0.05) is 13.7 Å². The molecule has 0 N–H and O–H groups in total. The van der Waals surface area contributed by atoms with Crippen LogP contribution >= 0.6 is 0 Å². The van der Waals surface area contributed by atoms with Gasteiger partial charge in [0.1, 0.15) is 11.6 Å². The summed E-state index contributed by atoms with van der Waals surface area (Å²) in [6, 6.07) is 19.9. The van der Waals surface area contributed by atoms with E-state index in [9.17, 15) is 14.0 Å². The molecule has 6 nitrogen and oxygen atoms in total. The second kappa shape index (κ2) is 9.97. The van der Waals surface area contributed by atoms with Gasteiger partial charge in [0.15, 0.2) is 0 Å². The number of amides is 1. The molecule has 7 heteroatoms. The van der Waals surface area contributed by atoms with Crippen molar-refractivity contribution in [1.82, 2.24) is 14.5 Å². The van der Waals surface area contributed by atoms with E-state index in [4.69, 9.17) is 9.72 Å². The van der Waals surface area contributed by atoms with Crippen molar-refractivity contribution in [3.8, 4) is 5.69 Å². The van der Waals surface area contributed by atoms with Crippen molar-refractivity contribution >= 4 is 16.8 Å². The van der Waals surface area contributed by atoms with E-state index in [0.717, 1.165) is 5.56 Å². The van der Waals surface area contributed by atoms with Crippen LogP contribution in [0.1, 0.15) is 34.7 Å². The van der Waals surface area contributed by atoms with E-state index in [-0.39, 0.29) is 24.3 Å². The van der Waals surface area contributed by atoms with Crippen LogP contribution in [0.25, 0.3) is 16.6 Å². The highest BCUT2D eigenvalue weighted by Gasteiger charge is 2.28. The van der Waals surface area contributed by atoms with Gasteiger partial charge < -0.3 is 9.64 Å². The first-order valence-corrected chi connectivity index (χ1v) is 11.1. The van der Waals surface area contributed by atoms with Crippen LogP contribution in [0, 0.1) is 12.7 Å². The number of fused-ring (bicyclic) bond motifs is 1. The molecule has 1 atom stereocenters. The average Bonchev–Trinajstić information content (AvgIpc) is 2.84. The average molecular weight is 460 g/mol. The molecule has 0 radical (unpaired) electrons. The lowest BCUT2D eigenvalue weighted by molar-refractivity contribution is 0.0601. The normalized spacial score (nSPS) is 12.0. The minimum absolute atomic E-state index is 0.0457. The lowest BCUT2D eigenvalue weighted by Crippen LogP contribution is -2.39. The minimum Gasteiger partial charge on any atom is -0.383 e. The van der Waals surface area contributed by atoms with E-state index in [2.05, 4.69) is 0 Å². The summed E-state index contributed by atoms with van der Waals surface area (Å²) in [6.45, 7) is 4.17. The van der Waals surface area contributed by atoms with E-state index < -0.39 is 17.8 Å². The third kappa shape index (κ3) is 4.47. The van der Waals surface area contributed by atoms with Gasteiger partial charge in [-0.3, -0.25) is 14.2 Å². The van der Waals surface area contributed by atoms with Crippen LogP contribution in [0.15, 0.2) is 77.6 Å². The lowest BCUT2D eigenvalue weighted by Gasteiger charge is -2.30. The van der Waals surface area contributed by atoms with Crippen molar-refractivity contribution in [2.75, 3.05) is 20.3 Å². The SMILES string of the molecule is COCCN(C(=O)c1ccccc1F)C(C)c1nc2ccccc2c(=O)n1-c1cccc(C)c1. The molecule has 174 valence electrons. The third-order valence-corrected chi connectivity index (χ3v) is 5.80. The Balaban J connectivity index is 1.92. The fourth-order valence-electron chi connectivity index (χ4n) is 4.04. The number of hydrogen-bond acceptors (Lipinski definition) is 4. The molecule has 0 aliphatic heterocycles. The molecule has 34 heavy (non-hydrogen) atoms. The Hall–Kier alpha value is -3.84. The molecular weight excluding hydrogens is 433 g/mol. The molecular formula is C27H26FN3O3. The van der Waals surface area contributed by atoms with Crippen LogP contribution < -0.4 is 5.56 Å². The fourth-order valence-corrected chi connectivity index (χ4v) is 4.04. The van der Waals surface area contributed by atoms with Gasteiger partial charge in [0.2, 0.25) is 0 Å². The second-order valence-corrected chi connectivity index (χ2v) is 8.11. The highest BCUT2D eigenvalue weighted by molar-refractivity contribution is 5.94. The number of para-hydroxylation sites is 1. The van der Waals surface area contributed by atoms with Crippen molar-refractivity contribution < 1.29 is 13.9 Å². The first kappa shape index (κ1) is 23.3. The summed E-state index contributed by atoms with van der Waals surface area (Å²) in [5.41, 5.74) is 1.88. The molecule has 0 saturated heterocycles. The van der Waals surface area contributed by atoms with Crippen LogP contribution in [0.2, 0.25) is 0 Å². The summed E-state index contributed by atoms with van der Waals surface area (Å²) < 4.78 is 21.3. The molecule has 0 aliphatic rings. The molecule has 4 aromatic rings. The van der Waals surface area contributed by atoms with E-state index >= 15 is 0 Å². The number of aromatic nitrogens is 2. The van der Waals surface area contributed by atoms with Crippen molar-refractivity contribution in [3.05, 3.63) is 106 Å². The first-order valence-electron chi connectivity index (χ1n) is 11.1. The molecule has 1 aromatic heterocycles. The van der Waals surface area contributed by atoms with Gasteiger partial charge in [0.25, 0.3) is 11.5 Å². The van der Waals surface area contributed by atoms with Crippen molar-refractivity contribution in [1.29, 1.82) is 0 Å². The number of ether oxygens (including phenoxy) is 1. The number of aryl methyl sites for hydroxylation is 1. The fraction of sp³-hybridized carbons (Fsp3) is 0.222. The summed E-state index contributed by atoms with van der Waals surface area (Å²) in [7, 11) is 1.54. The Labute approximate surface area is 197 Å². The molecule has 1 unspecified atom stereocenters. The Morgan fingerprint density at radius 3 is 2.56 bits per heavy atom. The summed E-state index contributed by atoms with van der Waals surface area (Å²) in [6.07, 6.45) is 0. The topological polar surface area (TPSA) is 64.4 Å². The summed E-state index contributed by atoms with van der Waals surface area (Å²) in [5.74, 6) is -0.722. The number of carbonyl (C=O) groups excluding carboxylic acids is 1. The first-order chi connectivity index (χ1) is 16.4. The highest BCUT2D eigenvalue weighted by atomic mass is 19.1. The third-order valence-electron chi connectivity index (χ3n) is 5.80. The number of halogens is 1. The lowest BCUT2D eigenvalue weighted by atomic mass is 10.1. The van der Waals surface area contributed by atoms with Crippen LogP contribution in [0.3, 0.4) is 0 Å². The monoisotopic (exact) mass is 459 g/mol. The molecule has 0 spiro atoms. The van der Waals surface area contributed by atoms with E-state index in [1.54, 1.807) is 31.2 Å². The number of methoxy groups -OCH3 is 1. The number of nitrogens with zero attached hydrogens (tertiary/aromatic N) is 3. The highest BCUT2D eigenvalue weighted by Crippen LogP contribution is 2.25. The van der Waals surface area contributed by atoms with Gasteiger partial charge in [-0.1, -0.05) is 36.4 Å². The van der Waals surface area contributed by atoms with Crippen LogP contribution in [-0.2, 0) is 4.74 Å². The predicted molar refractivity (Wildman–Crippen MR) is 130 cm³/mol. The molecule has 1 heterocycles. The summed E-state index contributed by atoms with van der Waals surface area (Å²) in [4.78, 5) is 33.4. The van der Waals surface area contributed by atoms with Crippen molar-refractivity contribution in [3.63, 3.8) is 0 Å². The van der Waals surface area contributed by atoms with E-state index in [1.807, 2.05) is 37.3 Å². The maximum Gasteiger partial charge on any atom is 0.266 e. The Kier molecular flexibility index (Phi) is 6.84. The molecule has 0 fully saturated rings. The number of rotatable bonds is 7. The molecule has 0 bridgehead atoms. The van der Waals surface area contributed by atoms with Crippen LogP contribution in [0.4, 0.5) is 4.39 Å². The van der Waals surface area contributed by atoms with Crippen LogP contribution in [0.5, 0.6) is 0 Å². The maximum atomic E-state index is 14.5. The van der Waals surface area contributed by atoms with Gasteiger partial charge >= 0.3 is 0 Å². The molecule has 0 aliphatic carbocycles. The van der Waals surface area contributed by atoms with Gasteiger partial charge in [0.05, 0.1) is 34.8 Å². The minimum atomic E-state index is -0.653. The van der Waals surface area contributed by atoms with Gasteiger partial charge in [-0.25, -0.2) is 9.37 Å².